The van der Waals surface area contributed by atoms with E-state index in [4.69, 9.17) is 11.6 Å². The van der Waals surface area contributed by atoms with Gasteiger partial charge in [0.2, 0.25) is 0 Å². The number of nitrogens with one attached hydrogen (secondary N) is 1. The number of likely N-dealkylation sites (N-methyl/N-ethyl adjacent to an activating group) is 1. The van der Waals surface area contributed by atoms with E-state index < -0.39 is 0 Å². The van der Waals surface area contributed by atoms with Crippen LogP contribution in [0.4, 0.5) is 0 Å². The Morgan fingerprint density at radius 3 is 2.93 bits per heavy atom. The fourth-order valence-corrected chi connectivity index (χ4v) is 2.39. The van der Waals surface area contributed by atoms with E-state index in [1.54, 1.807) is 0 Å². The minimum Gasteiger partial charge on any atom is -0.314 e. The summed E-state index contributed by atoms with van der Waals surface area (Å²) >= 11 is 5.96. The predicted octanol–water partition coefficient (Wildman–Crippen LogP) is 2.22. The van der Waals surface area contributed by atoms with E-state index in [1.807, 2.05) is 12.1 Å². The molecule has 1 aromatic carbocycles. The molecule has 2 rings (SSSR count). The molecule has 15 heavy (non-hydrogen) atoms. The van der Waals surface area contributed by atoms with Crippen LogP contribution in [0.3, 0.4) is 0 Å². The van der Waals surface area contributed by atoms with Gasteiger partial charge in [0, 0.05) is 30.7 Å². The minimum absolute atomic E-state index is 0.482. The maximum atomic E-state index is 5.96. The lowest BCUT2D eigenvalue weighted by Crippen LogP contribution is -2.44. The van der Waals surface area contributed by atoms with E-state index in [2.05, 4.69) is 30.3 Å². The number of nitrogens with zero attached hydrogens (tertiary/aromatic N) is 1. The number of hydrogen-bond donors (Lipinski definition) is 1. The second kappa shape index (κ2) is 4.52. The van der Waals surface area contributed by atoms with Crippen molar-refractivity contribution >= 4 is 11.6 Å². The Kier molecular flexibility index (Phi) is 3.29. The summed E-state index contributed by atoms with van der Waals surface area (Å²) in [5.41, 5.74) is 2.66. The summed E-state index contributed by atoms with van der Waals surface area (Å²) in [5, 5.41) is 4.25. The van der Waals surface area contributed by atoms with Crippen LogP contribution in [-0.2, 0) is 0 Å². The number of benzene rings is 1. The van der Waals surface area contributed by atoms with Gasteiger partial charge < -0.3 is 5.32 Å². The van der Waals surface area contributed by atoms with Crippen molar-refractivity contribution in [1.82, 2.24) is 10.2 Å². The molecule has 1 fully saturated rings. The fraction of sp³-hybridized carbons (Fsp3) is 0.500. The highest BCUT2D eigenvalue weighted by atomic mass is 35.5. The molecular formula is C12H17ClN2. The second-order valence-electron chi connectivity index (χ2n) is 4.20. The molecule has 1 aromatic rings. The van der Waals surface area contributed by atoms with Crippen LogP contribution < -0.4 is 5.32 Å². The molecule has 82 valence electrons. The predicted molar refractivity (Wildman–Crippen MR) is 64.4 cm³/mol. The number of halogens is 1. The van der Waals surface area contributed by atoms with Crippen LogP contribution in [0.15, 0.2) is 18.2 Å². The van der Waals surface area contributed by atoms with Gasteiger partial charge in [0.15, 0.2) is 0 Å². The van der Waals surface area contributed by atoms with Crippen molar-refractivity contribution in [3.63, 3.8) is 0 Å². The zero-order valence-electron chi connectivity index (χ0n) is 9.26. The van der Waals surface area contributed by atoms with E-state index in [0.29, 0.717) is 6.04 Å². The lowest BCUT2D eigenvalue weighted by Gasteiger charge is -2.34. The third kappa shape index (κ3) is 2.33. The Labute approximate surface area is 96.2 Å². The maximum absolute atomic E-state index is 5.96. The smallest absolute Gasteiger partial charge is 0.0472 e. The second-order valence-corrected chi connectivity index (χ2v) is 4.64. The van der Waals surface area contributed by atoms with E-state index in [9.17, 15) is 0 Å². The van der Waals surface area contributed by atoms with Crippen LogP contribution in [0.2, 0.25) is 5.02 Å². The van der Waals surface area contributed by atoms with Crippen LogP contribution in [0.5, 0.6) is 0 Å². The Balaban J connectivity index is 2.27. The lowest BCUT2D eigenvalue weighted by atomic mass is 9.99. The summed E-state index contributed by atoms with van der Waals surface area (Å²) < 4.78 is 0. The highest BCUT2D eigenvalue weighted by Crippen LogP contribution is 2.25. The molecule has 1 heterocycles. The summed E-state index contributed by atoms with van der Waals surface area (Å²) in [6.07, 6.45) is 0. The molecule has 1 atom stereocenters. The van der Waals surface area contributed by atoms with Crippen molar-refractivity contribution in [3.05, 3.63) is 34.3 Å². The number of aryl methyl sites for hydroxylation is 1. The van der Waals surface area contributed by atoms with Gasteiger partial charge in [0.1, 0.15) is 0 Å². The first-order valence-corrected chi connectivity index (χ1v) is 5.73. The Morgan fingerprint density at radius 2 is 2.27 bits per heavy atom. The Morgan fingerprint density at radius 1 is 1.47 bits per heavy atom. The number of hydrogen-bond acceptors (Lipinski definition) is 2. The van der Waals surface area contributed by atoms with Gasteiger partial charge in [-0.2, -0.15) is 0 Å². The molecule has 0 radical (unpaired) electrons. The van der Waals surface area contributed by atoms with Gasteiger partial charge in [-0.15, -0.1) is 0 Å². The van der Waals surface area contributed by atoms with Gasteiger partial charge in [0.05, 0.1) is 0 Å². The van der Waals surface area contributed by atoms with Crippen molar-refractivity contribution in [3.8, 4) is 0 Å². The van der Waals surface area contributed by atoms with Crippen molar-refractivity contribution in [2.24, 2.45) is 0 Å². The van der Waals surface area contributed by atoms with E-state index in [-0.39, 0.29) is 0 Å². The fourth-order valence-electron chi connectivity index (χ4n) is 2.17. The molecule has 1 aliphatic heterocycles. The van der Waals surface area contributed by atoms with Crippen LogP contribution in [0.1, 0.15) is 17.2 Å². The maximum Gasteiger partial charge on any atom is 0.0472 e. The monoisotopic (exact) mass is 224 g/mol. The molecule has 0 spiro atoms. The highest BCUT2D eigenvalue weighted by molar-refractivity contribution is 6.30. The zero-order valence-corrected chi connectivity index (χ0v) is 10.0. The number of rotatable bonds is 1. The normalized spacial score (nSPS) is 23.0. The van der Waals surface area contributed by atoms with Crippen LogP contribution in [0.25, 0.3) is 0 Å². The highest BCUT2D eigenvalue weighted by Gasteiger charge is 2.21. The third-order valence-electron chi connectivity index (χ3n) is 3.10. The molecule has 1 unspecified atom stereocenters. The van der Waals surface area contributed by atoms with E-state index in [0.717, 1.165) is 24.7 Å². The van der Waals surface area contributed by atoms with E-state index >= 15 is 0 Å². The van der Waals surface area contributed by atoms with Crippen LogP contribution in [0, 0.1) is 6.92 Å². The van der Waals surface area contributed by atoms with E-state index in [1.165, 1.54) is 11.1 Å². The van der Waals surface area contributed by atoms with Gasteiger partial charge in [-0.1, -0.05) is 17.7 Å². The van der Waals surface area contributed by atoms with Gasteiger partial charge in [-0.3, -0.25) is 4.90 Å². The molecule has 0 aromatic heterocycles. The largest absolute Gasteiger partial charge is 0.314 e. The molecular weight excluding hydrogens is 208 g/mol. The summed E-state index contributed by atoms with van der Waals surface area (Å²) in [5.74, 6) is 0. The molecule has 1 N–H and O–H groups in total. The van der Waals surface area contributed by atoms with Gasteiger partial charge >= 0.3 is 0 Å². The standard InChI is InChI=1S/C12H17ClN2/c1-9-7-10(13)3-4-11(9)12-8-14-5-6-15(12)2/h3-4,7,12,14H,5-6,8H2,1-2H3. The first-order chi connectivity index (χ1) is 7.18. The molecule has 0 aliphatic carbocycles. The topological polar surface area (TPSA) is 15.3 Å². The summed E-state index contributed by atoms with van der Waals surface area (Å²) in [4.78, 5) is 2.40. The summed E-state index contributed by atoms with van der Waals surface area (Å²) in [6, 6.07) is 6.65. The van der Waals surface area contributed by atoms with Crippen LogP contribution >= 0.6 is 11.6 Å². The number of piperazine rings is 1. The summed E-state index contributed by atoms with van der Waals surface area (Å²) in [7, 11) is 2.18. The first-order valence-electron chi connectivity index (χ1n) is 5.35. The minimum atomic E-state index is 0.482. The molecule has 1 saturated heterocycles. The molecule has 3 heteroatoms. The van der Waals surface area contributed by atoms with Gasteiger partial charge in [-0.05, 0) is 37.2 Å². The van der Waals surface area contributed by atoms with Crippen molar-refractivity contribution in [2.75, 3.05) is 26.7 Å². The zero-order chi connectivity index (χ0) is 10.8. The SMILES string of the molecule is Cc1cc(Cl)ccc1C1CNCCN1C. The Bertz CT molecular complexity index is 351. The average molecular weight is 225 g/mol. The van der Waals surface area contributed by atoms with Crippen molar-refractivity contribution in [1.29, 1.82) is 0 Å². The van der Waals surface area contributed by atoms with Gasteiger partial charge in [0.25, 0.3) is 0 Å². The molecule has 0 bridgehead atoms. The summed E-state index contributed by atoms with van der Waals surface area (Å²) in [6.45, 7) is 5.34. The van der Waals surface area contributed by atoms with Crippen LogP contribution in [-0.4, -0.2) is 31.6 Å². The molecule has 1 aliphatic rings. The first kappa shape index (κ1) is 10.9. The molecule has 2 nitrogen and oxygen atoms in total. The lowest BCUT2D eigenvalue weighted by molar-refractivity contribution is 0.202. The molecule has 0 saturated carbocycles. The third-order valence-corrected chi connectivity index (χ3v) is 3.34. The average Bonchev–Trinajstić information content (AvgIpc) is 2.20. The Hall–Kier alpha value is -0.570. The van der Waals surface area contributed by atoms with Crippen molar-refractivity contribution in [2.45, 2.75) is 13.0 Å². The quantitative estimate of drug-likeness (QED) is 0.787. The van der Waals surface area contributed by atoms with Crippen molar-refractivity contribution < 1.29 is 0 Å². The molecule has 0 amide bonds. The van der Waals surface area contributed by atoms with Gasteiger partial charge in [-0.25, -0.2) is 0 Å².